The summed E-state index contributed by atoms with van der Waals surface area (Å²) in [4.78, 5) is 47.0. The van der Waals surface area contributed by atoms with Crippen LogP contribution in [0.1, 0.15) is 12.6 Å². The van der Waals surface area contributed by atoms with Crippen LogP contribution in [-0.4, -0.2) is 52.7 Å². The van der Waals surface area contributed by atoms with Gasteiger partial charge in [0.1, 0.15) is 25.0 Å². The minimum Gasteiger partial charge on any atom is -0.456 e. The number of hydrogen-bond acceptors (Lipinski definition) is 7. The van der Waals surface area contributed by atoms with E-state index in [2.05, 4.69) is 9.47 Å². The maximum Gasteiger partial charge on any atom is 0.490 e. The number of ether oxygens (including phenoxy) is 3. The Hall–Kier alpha value is -2.11. The molecule has 29 heavy (non-hydrogen) atoms. The number of hydrogen-bond donors (Lipinski definition) is 1. The van der Waals surface area contributed by atoms with E-state index in [0.717, 1.165) is 10.8 Å². The number of carbonyl (C=O) groups excluding carboxylic acids is 2. The molecule has 1 saturated heterocycles. The van der Waals surface area contributed by atoms with E-state index in [9.17, 15) is 45.5 Å². The molecule has 0 aromatic carbocycles. The lowest BCUT2D eigenvalue weighted by atomic mass is 10.2. The van der Waals surface area contributed by atoms with E-state index < -0.39 is 67.0 Å². The number of alkyl halides is 6. The van der Waals surface area contributed by atoms with Crippen LogP contribution in [0.3, 0.4) is 0 Å². The first kappa shape index (κ1) is 23.2. The molecule has 0 saturated carbocycles. The van der Waals surface area contributed by atoms with Crippen molar-refractivity contribution in [3.63, 3.8) is 0 Å². The third kappa shape index (κ3) is 5.71. The van der Waals surface area contributed by atoms with Crippen molar-refractivity contribution in [3.05, 3.63) is 30.6 Å². The first-order valence-corrected chi connectivity index (χ1v) is 8.46. The molecule has 162 valence electrons. The number of H-pyrrole nitrogens is 1. The van der Waals surface area contributed by atoms with Crippen LogP contribution in [0, 0.1) is 3.57 Å². The predicted molar refractivity (Wildman–Crippen MR) is 85.5 cm³/mol. The van der Waals surface area contributed by atoms with Crippen molar-refractivity contribution in [1.29, 1.82) is 0 Å². The lowest BCUT2D eigenvalue weighted by Gasteiger charge is -2.19. The molecule has 1 aromatic rings. The van der Waals surface area contributed by atoms with Crippen molar-refractivity contribution in [1.82, 2.24) is 9.55 Å². The molecule has 1 aliphatic heterocycles. The molecule has 1 fully saturated rings. The van der Waals surface area contributed by atoms with Gasteiger partial charge < -0.3 is 14.2 Å². The third-order valence-electron chi connectivity index (χ3n) is 3.52. The number of esters is 2. The lowest BCUT2D eigenvalue weighted by molar-refractivity contribution is -0.212. The number of aromatic amines is 1. The zero-order valence-corrected chi connectivity index (χ0v) is 15.8. The van der Waals surface area contributed by atoms with Crippen LogP contribution in [0.4, 0.5) is 26.3 Å². The predicted octanol–water partition coefficient (Wildman–Crippen LogP) is 1.01. The highest BCUT2D eigenvalue weighted by Crippen LogP contribution is 2.32. The number of halogens is 7. The summed E-state index contributed by atoms with van der Waals surface area (Å²) in [5.74, 6) is -5.29. The topological polar surface area (TPSA) is 117 Å². The van der Waals surface area contributed by atoms with E-state index in [1.54, 1.807) is 22.6 Å². The standard InChI is InChI=1S/C13H9F6IN2O7/c14-12(15,16)9(24)27-3-6-5(29-10(25)13(17,18)19)1-7(28-6)22-2-4(20)8(23)21-11(22)26/h2,5-7H,1,3H2,(H,21,23,26)/t5-,6+,7+/m0/s1. The fourth-order valence-corrected chi connectivity index (χ4v) is 2.70. The van der Waals surface area contributed by atoms with Gasteiger partial charge in [-0.2, -0.15) is 26.3 Å². The summed E-state index contributed by atoms with van der Waals surface area (Å²) in [6, 6.07) is 0. The molecular formula is C13H9F6IN2O7. The second-order valence-electron chi connectivity index (χ2n) is 5.55. The summed E-state index contributed by atoms with van der Waals surface area (Å²) in [6.07, 6.45) is -15.4. The fourth-order valence-electron chi connectivity index (χ4n) is 2.26. The zero-order chi connectivity index (χ0) is 22.1. The summed E-state index contributed by atoms with van der Waals surface area (Å²) in [5.41, 5.74) is -1.80. The second-order valence-corrected chi connectivity index (χ2v) is 6.71. The summed E-state index contributed by atoms with van der Waals surface area (Å²) in [7, 11) is 0. The van der Waals surface area contributed by atoms with Gasteiger partial charge in [-0.1, -0.05) is 0 Å². The Morgan fingerprint density at radius 1 is 1.17 bits per heavy atom. The van der Waals surface area contributed by atoms with Gasteiger partial charge in [0.05, 0.1) is 3.57 Å². The van der Waals surface area contributed by atoms with Crippen LogP contribution in [0.5, 0.6) is 0 Å². The minimum atomic E-state index is -5.41. The van der Waals surface area contributed by atoms with Crippen molar-refractivity contribution in [3.8, 4) is 0 Å². The maximum atomic E-state index is 12.4. The lowest BCUT2D eigenvalue weighted by Crippen LogP contribution is -2.38. The Morgan fingerprint density at radius 2 is 1.76 bits per heavy atom. The first-order chi connectivity index (χ1) is 13.2. The molecule has 2 rings (SSSR count). The second kappa shape index (κ2) is 8.33. The molecule has 1 N–H and O–H groups in total. The quantitative estimate of drug-likeness (QED) is 0.341. The van der Waals surface area contributed by atoms with E-state index in [1.807, 2.05) is 4.98 Å². The molecule has 1 aliphatic rings. The van der Waals surface area contributed by atoms with Gasteiger partial charge in [0.25, 0.3) is 5.56 Å². The summed E-state index contributed by atoms with van der Waals surface area (Å²) in [5, 5.41) is 0. The third-order valence-corrected chi connectivity index (χ3v) is 4.28. The largest absolute Gasteiger partial charge is 0.490 e. The van der Waals surface area contributed by atoms with Gasteiger partial charge in [0, 0.05) is 12.6 Å². The first-order valence-electron chi connectivity index (χ1n) is 7.38. The smallest absolute Gasteiger partial charge is 0.456 e. The summed E-state index contributed by atoms with van der Waals surface area (Å²) >= 11 is 1.54. The molecule has 0 unspecified atom stereocenters. The SMILES string of the molecule is O=C(OC[C@H]1O[C@@H](n2cc(I)c(=O)[nH]c2=O)C[C@@H]1OC(=O)C(F)(F)F)C(F)(F)F. The number of nitrogens with zero attached hydrogens (tertiary/aromatic N) is 1. The molecule has 2 heterocycles. The van der Waals surface area contributed by atoms with Gasteiger partial charge in [-0.05, 0) is 22.6 Å². The molecule has 9 nitrogen and oxygen atoms in total. The Balaban J connectivity index is 2.25. The normalized spacial score (nSPS) is 22.4. The average Bonchev–Trinajstić information content (AvgIpc) is 2.96. The molecule has 0 spiro atoms. The highest BCUT2D eigenvalue weighted by Gasteiger charge is 2.48. The van der Waals surface area contributed by atoms with Gasteiger partial charge in [0.2, 0.25) is 0 Å². The van der Waals surface area contributed by atoms with Gasteiger partial charge in [-0.3, -0.25) is 14.3 Å². The van der Waals surface area contributed by atoms with E-state index >= 15 is 0 Å². The van der Waals surface area contributed by atoms with E-state index in [4.69, 9.17) is 4.74 Å². The Bertz CT molecular complexity index is 909. The molecule has 0 aliphatic carbocycles. The number of rotatable bonds is 4. The average molecular weight is 546 g/mol. The Kier molecular flexibility index (Phi) is 6.65. The maximum absolute atomic E-state index is 12.4. The molecule has 0 amide bonds. The van der Waals surface area contributed by atoms with Crippen molar-refractivity contribution in [2.45, 2.75) is 37.2 Å². The van der Waals surface area contributed by atoms with Crippen LogP contribution in [-0.2, 0) is 23.8 Å². The van der Waals surface area contributed by atoms with Gasteiger partial charge in [0.15, 0.2) is 0 Å². The van der Waals surface area contributed by atoms with Gasteiger partial charge in [-0.15, -0.1) is 0 Å². The molecule has 0 bridgehead atoms. The van der Waals surface area contributed by atoms with Crippen LogP contribution < -0.4 is 11.2 Å². The van der Waals surface area contributed by atoms with Crippen LogP contribution in [0.25, 0.3) is 0 Å². The monoisotopic (exact) mass is 546 g/mol. The van der Waals surface area contributed by atoms with Gasteiger partial charge >= 0.3 is 30.0 Å². The van der Waals surface area contributed by atoms with Gasteiger partial charge in [-0.25, -0.2) is 14.4 Å². The molecule has 16 heteroatoms. The number of nitrogens with one attached hydrogen (secondary N) is 1. The van der Waals surface area contributed by atoms with Crippen molar-refractivity contribution < 1.29 is 50.1 Å². The van der Waals surface area contributed by atoms with Crippen molar-refractivity contribution in [2.24, 2.45) is 0 Å². The van der Waals surface area contributed by atoms with E-state index in [0.29, 0.717) is 0 Å². The van der Waals surface area contributed by atoms with Crippen LogP contribution >= 0.6 is 22.6 Å². The summed E-state index contributed by atoms with van der Waals surface area (Å²) in [6.45, 7) is -1.21. The number of carbonyl (C=O) groups is 2. The van der Waals surface area contributed by atoms with E-state index in [-0.39, 0.29) is 3.57 Å². The molecule has 1 aromatic heterocycles. The van der Waals surface area contributed by atoms with Crippen molar-refractivity contribution >= 4 is 34.5 Å². The molecule has 3 atom stereocenters. The summed E-state index contributed by atoms with van der Waals surface area (Å²) < 4.78 is 88.0. The fraction of sp³-hybridized carbons (Fsp3) is 0.538. The van der Waals surface area contributed by atoms with E-state index in [1.165, 1.54) is 0 Å². The molecule has 0 radical (unpaired) electrons. The number of aromatic nitrogens is 2. The highest BCUT2D eigenvalue weighted by molar-refractivity contribution is 14.1. The molecular weight excluding hydrogens is 537 g/mol. The highest BCUT2D eigenvalue weighted by atomic mass is 127. The van der Waals surface area contributed by atoms with Crippen molar-refractivity contribution in [2.75, 3.05) is 6.61 Å². The van der Waals surface area contributed by atoms with Crippen LogP contribution in [0.2, 0.25) is 0 Å². The minimum absolute atomic E-state index is 0.0124. The Labute approximate surface area is 169 Å². The Morgan fingerprint density at radius 3 is 2.31 bits per heavy atom. The zero-order valence-electron chi connectivity index (χ0n) is 13.7. The van der Waals surface area contributed by atoms with Crippen LogP contribution in [0.15, 0.2) is 15.8 Å².